The zero-order valence-corrected chi connectivity index (χ0v) is 16.8. The second-order valence-electron chi connectivity index (χ2n) is 6.32. The highest BCUT2D eigenvalue weighted by Gasteiger charge is 2.21. The maximum atomic E-state index is 13.1. The molecular formula is C21H19ClFN3O3. The lowest BCUT2D eigenvalue weighted by Crippen LogP contribution is -2.30. The van der Waals surface area contributed by atoms with E-state index in [1.807, 2.05) is 31.1 Å². The number of carbonyl (C=O) groups is 2. The zero-order chi connectivity index (χ0) is 21.6. The average molecular weight is 416 g/mol. The molecule has 0 radical (unpaired) electrons. The van der Waals surface area contributed by atoms with E-state index in [0.29, 0.717) is 5.56 Å². The number of ether oxygens (including phenoxy) is 1. The summed E-state index contributed by atoms with van der Waals surface area (Å²) in [5, 5.41) is 11.7. The highest BCUT2D eigenvalue weighted by molar-refractivity contribution is 6.33. The van der Waals surface area contributed by atoms with E-state index < -0.39 is 23.8 Å². The fourth-order valence-electron chi connectivity index (χ4n) is 2.27. The van der Waals surface area contributed by atoms with Gasteiger partial charge in [-0.1, -0.05) is 23.7 Å². The van der Waals surface area contributed by atoms with Crippen LogP contribution in [0.3, 0.4) is 0 Å². The van der Waals surface area contributed by atoms with Crippen LogP contribution in [0.4, 0.5) is 15.8 Å². The van der Waals surface area contributed by atoms with Crippen LogP contribution in [0.1, 0.15) is 12.5 Å². The molecule has 1 atom stereocenters. The van der Waals surface area contributed by atoms with Gasteiger partial charge in [0.1, 0.15) is 17.5 Å². The summed E-state index contributed by atoms with van der Waals surface area (Å²) in [6, 6.07) is 12.5. The molecule has 29 heavy (non-hydrogen) atoms. The van der Waals surface area contributed by atoms with Crippen LogP contribution in [0.15, 0.2) is 48.0 Å². The number of nitrogens with one attached hydrogen (secondary N) is 1. The van der Waals surface area contributed by atoms with Crippen molar-refractivity contribution in [2.75, 3.05) is 24.3 Å². The van der Waals surface area contributed by atoms with Crippen molar-refractivity contribution in [1.29, 1.82) is 5.26 Å². The molecule has 0 aromatic heterocycles. The summed E-state index contributed by atoms with van der Waals surface area (Å²) in [6.45, 7) is 1.35. The number of hydrogen-bond acceptors (Lipinski definition) is 5. The molecule has 0 saturated heterocycles. The van der Waals surface area contributed by atoms with Crippen LogP contribution in [0.25, 0.3) is 6.08 Å². The van der Waals surface area contributed by atoms with Crippen LogP contribution in [0.5, 0.6) is 0 Å². The number of hydrogen-bond donors (Lipinski definition) is 1. The number of halogens is 2. The van der Waals surface area contributed by atoms with Crippen molar-refractivity contribution in [3.63, 3.8) is 0 Å². The Kier molecular flexibility index (Phi) is 7.34. The minimum atomic E-state index is -1.20. The summed E-state index contributed by atoms with van der Waals surface area (Å²) in [5.74, 6) is -2.15. The van der Waals surface area contributed by atoms with Crippen molar-refractivity contribution in [2.45, 2.75) is 13.0 Å². The highest BCUT2D eigenvalue weighted by Crippen LogP contribution is 2.23. The predicted octanol–water partition coefficient (Wildman–Crippen LogP) is 4.02. The van der Waals surface area contributed by atoms with Crippen LogP contribution >= 0.6 is 11.6 Å². The summed E-state index contributed by atoms with van der Waals surface area (Å²) in [7, 11) is 3.79. The minimum Gasteiger partial charge on any atom is -0.448 e. The van der Waals surface area contributed by atoms with Gasteiger partial charge in [-0.3, -0.25) is 4.79 Å². The standard InChI is InChI=1S/C21H19ClFN3O3/c1-13(20(27)25-19-9-6-16(23)11-18(19)22)29-21(28)15(12-24)10-14-4-7-17(8-5-14)26(2)3/h4-11,13H,1-3H3,(H,25,27)/b15-10+/t13-/m0/s1. The molecule has 1 N–H and O–H groups in total. The van der Waals surface area contributed by atoms with E-state index in [0.717, 1.165) is 17.8 Å². The first-order chi connectivity index (χ1) is 13.7. The number of benzene rings is 2. The van der Waals surface area contributed by atoms with Crippen LogP contribution in [-0.2, 0) is 14.3 Å². The summed E-state index contributed by atoms with van der Waals surface area (Å²) < 4.78 is 18.1. The molecule has 1 amide bonds. The van der Waals surface area contributed by atoms with Crippen LogP contribution < -0.4 is 10.2 Å². The number of carbonyl (C=O) groups excluding carboxylic acids is 2. The predicted molar refractivity (Wildman–Crippen MR) is 110 cm³/mol. The Hall–Kier alpha value is -3.37. The number of amides is 1. The molecule has 2 aromatic carbocycles. The van der Waals surface area contributed by atoms with Crippen molar-refractivity contribution in [3.8, 4) is 6.07 Å². The lowest BCUT2D eigenvalue weighted by Gasteiger charge is -2.14. The van der Waals surface area contributed by atoms with E-state index in [1.54, 1.807) is 18.2 Å². The number of nitriles is 1. The third-order valence-corrected chi connectivity index (χ3v) is 4.22. The Labute approximate surface area is 173 Å². The normalized spacial score (nSPS) is 11.9. The van der Waals surface area contributed by atoms with Gasteiger partial charge in [0, 0.05) is 19.8 Å². The smallest absolute Gasteiger partial charge is 0.349 e. The van der Waals surface area contributed by atoms with Gasteiger partial charge >= 0.3 is 5.97 Å². The fraction of sp³-hybridized carbons (Fsp3) is 0.190. The maximum Gasteiger partial charge on any atom is 0.349 e. The topological polar surface area (TPSA) is 82.4 Å². The van der Waals surface area contributed by atoms with Crippen molar-refractivity contribution >= 4 is 40.9 Å². The quantitative estimate of drug-likeness (QED) is 0.437. The fourth-order valence-corrected chi connectivity index (χ4v) is 2.49. The lowest BCUT2D eigenvalue weighted by atomic mass is 10.1. The van der Waals surface area contributed by atoms with E-state index in [9.17, 15) is 19.2 Å². The van der Waals surface area contributed by atoms with Crippen LogP contribution in [0.2, 0.25) is 5.02 Å². The molecular weight excluding hydrogens is 397 g/mol. The Balaban J connectivity index is 2.05. The second-order valence-corrected chi connectivity index (χ2v) is 6.72. The Morgan fingerprint density at radius 1 is 1.24 bits per heavy atom. The molecule has 0 aliphatic rings. The van der Waals surface area contributed by atoms with E-state index >= 15 is 0 Å². The third kappa shape index (κ3) is 6.06. The minimum absolute atomic E-state index is 0.00987. The SMILES string of the molecule is C[C@H](OC(=O)/C(C#N)=C/c1ccc(N(C)C)cc1)C(=O)Nc1ccc(F)cc1Cl. The number of nitrogens with zero attached hydrogens (tertiary/aromatic N) is 2. The van der Waals surface area contributed by atoms with Gasteiger partial charge in [-0.05, 0) is 48.9 Å². The summed E-state index contributed by atoms with van der Waals surface area (Å²) in [5.41, 5.74) is 1.53. The first-order valence-corrected chi connectivity index (χ1v) is 8.95. The molecule has 0 aliphatic heterocycles. The van der Waals surface area contributed by atoms with Crippen LogP contribution in [0, 0.1) is 17.1 Å². The molecule has 0 heterocycles. The van der Waals surface area contributed by atoms with Gasteiger partial charge in [0.2, 0.25) is 0 Å². The maximum absolute atomic E-state index is 13.1. The van der Waals surface area contributed by atoms with Crippen molar-refractivity contribution in [2.24, 2.45) is 0 Å². The van der Waals surface area contributed by atoms with Gasteiger partial charge in [0.15, 0.2) is 6.10 Å². The molecule has 0 fully saturated rings. The third-order valence-electron chi connectivity index (χ3n) is 3.90. The zero-order valence-electron chi connectivity index (χ0n) is 16.1. The van der Waals surface area contributed by atoms with Crippen molar-refractivity contribution < 1.29 is 18.7 Å². The second kappa shape index (κ2) is 9.71. The lowest BCUT2D eigenvalue weighted by molar-refractivity contribution is -0.148. The van der Waals surface area contributed by atoms with Crippen LogP contribution in [-0.4, -0.2) is 32.1 Å². The molecule has 0 unspecified atom stereocenters. The number of rotatable bonds is 6. The first-order valence-electron chi connectivity index (χ1n) is 8.57. The molecule has 150 valence electrons. The van der Waals surface area contributed by atoms with Gasteiger partial charge in [-0.25, -0.2) is 9.18 Å². The molecule has 0 bridgehead atoms. The summed E-state index contributed by atoms with van der Waals surface area (Å²) in [6.07, 6.45) is 0.181. The Bertz CT molecular complexity index is 982. The molecule has 0 aliphatic carbocycles. The van der Waals surface area contributed by atoms with E-state index in [1.165, 1.54) is 19.1 Å². The van der Waals surface area contributed by atoms with Crippen molar-refractivity contribution in [3.05, 3.63) is 64.4 Å². The molecule has 6 nitrogen and oxygen atoms in total. The molecule has 2 aromatic rings. The van der Waals surface area contributed by atoms with E-state index in [4.69, 9.17) is 16.3 Å². The largest absolute Gasteiger partial charge is 0.448 e. The van der Waals surface area contributed by atoms with Gasteiger partial charge in [-0.15, -0.1) is 0 Å². The first kappa shape index (κ1) is 21.9. The van der Waals surface area contributed by atoms with Gasteiger partial charge in [-0.2, -0.15) is 5.26 Å². The summed E-state index contributed by atoms with van der Waals surface area (Å²) in [4.78, 5) is 26.4. The molecule has 0 spiro atoms. The number of anilines is 2. The average Bonchev–Trinajstić information content (AvgIpc) is 2.68. The number of esters is 1. The Morgan fingerprint density at radius 2 is 1.90 bits per heavy atom. The van der Waals surface area contributed by atoms with Gasteiger partial charge in [0.25, 0.3) is 5.91 Å². The summed E-state index contributed by atoms with van der Waals surface area (Å²) >= 11 is 5.86. The molecule has 0 saturated carbocycles. The molecule has 2 rings (SSSR count). The van der Waals surface area contributed by atoms with Gasteiger partial charge < -0.3 is 15.0 Å². The van der Waals surface area contributed by atoms with E-state index in [2.05, 4.69) is 5.32 Å². The van der Waals surface area contributed by atoms with Crippen molar-refractivity contribution in [1.82, 2.24) is 0 Å². The van der Waals surface area contributed by atoms with E-state index in [-0.39, 0.29) is 16.3 Å². The monoisotopic (exact) mass is 415 g/mol. The highest BCUT2D eigenvalue weighted by atomic mass is 35.5. The molecule has 8 heteroatoms. The Morgan fingerprint density at radius 3 is 2.45 bits per heavy atom. The van der Waals surface area contributed by atoms with Gasteiger partial charge in [0.05, 0.1) is 10.7 Å².